The van der Waals surface area contributed by atoms with Gasteiger partial charge < -0.3 is 9.88 Å². The highest BCUT2D eigenvalue weighted by molar-refractivity contribution is 5.80. The second kappa shape index (κ2) is 4.47. The number of nitrogens with zero attached hydrogens (tertiary/aromatic N) is 2. The molecule has 4 nitrogen and oxygen atoms in total. The number of aromatic nitrogens is 1. The Labute approximate surface area is 83.1 Å². The Bertz CT molecular complexity index is 362. The van der Waals surface area contributed by atoms with Crippen molar-refractivity contribution >= 4 is 5.91 Å². The number of nitrogens with one attached hydrogen (secondary N) is 1. The van der Waals surface area contributed by atoms with E-state index in [0.717, 1.165) is 5.56 Å². The molecule has 0 aliphatic rings. The molecule has 0 bridgehead atoms. The Morgan fingerprint density at radius 1 is 1.79 bits per heavy atom. The van der Waals surface area contributed by atoms with E-state index in [0.29, 0.717) is 6.54 Å². The van der Waals surface area contributed by atoms with Crippen LogP contribution in [-0.2, 0) is 18.4 Å². The minimum absolute atomic E-state index is 0.226. The number of hydrogen-bond donors (Lipinski definition) is 1. The van der Waals surface area contributed by atoms with Crippen molar-refractivity contribution < 1.29 is 4.79 Å². The number of aryl methyl sites for hydroxylation is 1. The van der Waals surface area contributed by atoms with Crippen LogP contribution in [0.5, 0.6) is 0 Å². The highest BCUT2D eigenvalue weighted by Gasteiger charge is 2.10. The smallest absolute Gasteiger partial charge is 0.237 e. The zero-order chi connectivity index (χ0) is 10.6. The lowest BCUT2D eigenvalue weighted by molar-refractivity contribution is -0.123. The van der Waals surface area contributed by atoms with Crippen molar-refractivity contribution in [1.29, 1.82) is 5.26 Å². The summed E-state index contributed by atoms with van der Waals surface area (Å²) < 4.78 is 1.91. The third-order valence-electron chi connectivity index (χ3n) is 1.95. The molecule has 0 aromatic carbocycles. The Morgan fingerprint density at radius 2 is 2.50 bits per heavy atom. The van der Waals surface area contributed by atoms with E-state index in [1.54, 1.807) is 6.92 Å². The first-order valence-electron chi connectivity index (χ1n) is 4.41. The lowest BCUT2D eigenvalue weighted by atomic mass is 10.2. The van der Waals surface area contributed by atoms with E-state index in [1.807, 2.05) is 36.1 Å². The summed E-state index contributed by atoms with van der Waals surface area (Å²) in [5.74, 6) is -0.810. The van der Waals surface area contributed by atoms with E-state index < -0.39 is 5.92 Å². The molecule has 0 saturated carbocycles. The number of carbonyl (C=O) groups excluding carboxylic acids is 1. The molecule has 4 heteroatoms. The summed E-state index contributed by atoms with van der Waals surface area (Å²) in [5, 5.41) is 11.2. The zero-order valence-electron chi connectivity index (χ0n) is 8.32. The molecule has 1 amide bonds. The van der Waals surface area contributed by atoms with Crippen LogP contribution in [-0.4, -0.2) is 10.5 Å². The van der Waals surface area contributed by atoms with E-state index in [-0.39, 0.29) is 5.91 Å². The number of hydrogen-bond acceptors (Lipinski definition) is 2. The third-order valence-corrected chi connectivity index (χ3v) is 1.95. The average Bonchev–Trinajstić information content (AvgIpc) is 2.59. The highest BCUT2D eigenvalue weighted by Crippen LogP contribution is 1.99. The van der Waals surface area contributed by atoms with Gasteiger partial charge in [0.2, 0.25) is 5.91 Å². The van der Waals surface area contributed by atoms with Gasteiger partial charge in [-0.25, -0.2) is 0 Å². The van der Waals surface area contributed by atoms with Crippen LogP contribution in [0.3, 0.4) is 0 Å². The van der Waals surface area contributed by atoms with Gasteiger partial charge in [0.15, 0.2) is 0 Å². The maximum Gasteiger partial charge on any atom is 0.237 e. The molecule has 1 rings (SSSR count). The minimum atomic E-state index is -0.585. The second-order valence-corrected chi connectivity index (χ2v) is 3.25. The standard InChI is InChI=1S/C10H13N3O/c1-8(5-11)10(14)12-6-9-3-4-13(2)7-9/h3-4,7-8H,6H2,1-2H3,(H,12,14). The van der Waals surface area contributed by atoms with Crippen molar-refractivity contribution in [3.8, 4) is 6.07 Å². The van der Waals surface area contributed by atoms with Crippen molar-refractivity contribution in [2.75, 3.05) is 0 Å². The molecule has 14 heavy (non-hydrogen) atoms. The van der Waals surface area contributed by atoms with Crippen molar-refractivity contribution in [3.63, 3.8) is 0 Å². The van der Waals surface area contributed by atoms with Gasteiger partial charge in [0, 0.05) is 26.0 Å². The van der Waals surface area contributed by atoms with Gasteiger partial charge in [-0.1, -0.05) is 0 Å². The first kappa shape index (κ1) is 10.3. The lowest BCUT2D eigenvalue weighted by Gasteiger charge is -2.03. The number of nitriles is 1. The van der Waals surface area contributed by atoms with Crippen LogP contribution < -0.4 is 5.32 Å². The summed E-state index contributed by atoms with van der Waals surface area (Å²) in [5.41, 5.74) is 1.03. The van der Waals surface area contributed by atoms with Gasteiger partial charge in [-0.2, -0.15) is 5.26 Å². The van der Waals surface area contributed by atoms with Crippen LogP contribution in [0.15, 0.2) is 18.5 Å². The van der Waals surface area contributed by atoms with Crippen LogP contribution in [0.2, 0.25) is 0 Å². The lowest BCUT2D eigenvalue weighted by Crippen LogP contribution is -2.27. The summed E-state index contributed by atoms with van der Waals surface area (Å²) in [6.07, 6.45) is 3.84. The molecule has 0 radical (unpaired) electrons. The summed E-state index contributed by atoms with van der Waals surface area (Å²) in [6, 6.07) is 3.82. The van der Waals surface area contributed by atoms with Crippen LogP contribution in [0.4, 0.5) is 0 Å². The summed E-state index contributed by atoms with van der Waals surface area (Å²) in [4.78, 5) is 11.2. The predicted octanol–water partition coefficient (Wildman–Crippen LogP) is 0.801. The molecule has 0 saturated heterocycles. The summed E-state index contributed by atoms with van der Waals surface area (Å²) in [7, 11) is 1.92. The van der Waals surface area contributed by atoms with Gasteiger partial charge in [-0.05, 0) is 18.6 Å². The fraction of sp³-hybridized carbons (Fsp3) is 0.400. The Hall–Kier alpha value is -1.76. The first-order valence-corrected chi connectivity index (χ1v) is 4.41. The second-order valence-electron chi connectivity index (χ2n) is 3.25. The van der Waals surface area contributed by atoms with E-state index in [2.05, 4.69) is 5.32 Å². The molecule has 0 fully saturated rings. The maximum atomic E-state index is 11.2. The predicted molar refractivity (Wildman–Crippen MR) is 52.0 cm³/mol. The van der Waals surface area contributed by atoms with Gasteiger partial charge in [0.05, 0.1) is 6.07 Å². The molecule has 1 aromatic heterocycles. The molecule has 0 aliphatic carbocycles. The van der Waals surface area contributed by atoms with Crippen molar-refractivity contribution in [1.82, 2.24) is 9.88 Å². The minimum Gasteiger partial charge on any atom is -0.357 e. The normalized spacial score (nSPS) is 11.8. The van der Waals surface area contributed by atoms with E-state index in [9.17, 15) is 4.79 Å². The molecular weight excluding hydrogens is 178 g/mol. The molecule has 0 aliphatic heterocycles. The molecule has 74 valence electrons. The Kier molecular flexibility index (Phi) is 3.29. The Morgan fingerprint density at radius 3 is 3.00 bits per heavy atom. The van der Waals surface area contributed by atoms with Gasteiger partial charge in [-0.15, -0.1) is 0 Å². The molecule has 1 N–H and O–H groups in total. The van der Waals surface area contributed by atoms with E-state index in [1.165, 1.54) is 0 Å². The maximum absolute atomic E-state index is 11.2. The van der Waals surface area contributed by atoms with Gasteiger partial charge in [-0.3, -0.25) is 4.79 Å². The molecule has 0 spiro atoms. The van der Waals surface area contributed by atoms with Gasteiger partial charge >= 0.3 is 0 Å². The SMILES string of the molecule is CC(C#N)C(=O)NCc1ccn(C)c1. The topological polar surface area (TPSA) is 57.8 Å². The monoisotopic (exact) mass is 191 g/mol. The van der Waals surface area contributed by atoms with Gasteiger partial charge in [0.25, 0.3) is 0 Å². The van der Waals surface area contributed by atoms with Crippen molar-refractivity contribution in [3.05, 3.63) is 24.0 Å². The fourth-order valence-electron chi connectivity index (χ4n) is 1.07. The molecule has 1 heterocycles. The average molecular weight is 191 g/mol. The van der Waals surface area contributed by atoms with Crippen molar-refractivity contribution in [2.24, 2.45) is 13.0 Å². The van der Waals surface area contributed by atoms with Gasteiger partial charge in [0.1, 0.15) is 5.92 Å². The third kappa shape index (κ3) is 2.63. The Balaban J connectivity index is 2.42. The fourth-order valence-corrected chi connectivity index (χ4v) is 1.07. The molecule has 1 aromatic rings. The largest absolute Gasteiger partial charge is 0.357 e. The van der Waals surface area contributed by atoms with E-state index in [4.69, 9.17) is 5.26 Å². The number of rotatable bonds is 3. The van der Waals surface area contributed by atoms with Crippen LogP contribution in [0.1, 0.15) is 12.5 Å². The van der Waals surface area contributed by atoms with Crippen molar-refractivity contribution in [2.45, 2.75) is 13.5 Å². The quantitative estimate of drug-likeness (QED) is 0.768. The summed E-state index contributed by atoms with van der Waals surface area (Å²) in [6.45, 7) is 2.06. The van der Waals surface area contributed by atoms with Crippen LogP contribution in [0.25, 0.3) is 0 Å². The highest BCUT2D eigenvalue weighted by atomic mass is 16.1. The molecule has 1 atom stereocenters. The first-order chi connectivity index (χ1) is 6.63. The van der Waals surface area contributed by atoms with Crippen LogP contribution >= 0.6 is 0 Å². The van der Waals surface area contributed by atoms with E-state index >= 15 is 0 Å². The number of amides is 1. The van der Waals surface area contributed by atoms with Crippen LogP contribution in [0, 0.1) is 17.2 Å². The summed E-state index contributed by atoms with van der Waals surface area (Å²) >= 11 is 0. The molecular formula is C10H13N3O. The molecule has 1 unspecified atom stereocenters. The zero-order valence-corrected chi connectivity index (χ0v) is 8.32. The number of carbonyl (C=O) groups is 1.